The Morgan fingerprint density at radius 2 is 2.05 bits per heavy atom. The Morgan fingerprint density at radius 3 is 2.65 bits per heavy atom. The number of nitrogens with zero attached hydrogens (tertiary/aromatic N) is 2. The SMILES string of the molecule is Cc1nc(N)c2c(C)c(C(=O)NC(C)(C)CO)sc2n1. The van der Waals surface area contributed by atoms with Gasteiger partial charge in [0.1, 0.15) is 16.5 Å². The van der Waals surface area contributed by atoms with Gasteiger partial charge >= 0.3 is 0 Å². The molecular formula is C13H18N4O2S. The first-order chi connectivity index (χ1) is 9.25. The van der Waals surface area contributed by atoms with Crippen molar-refractivity contribution in [3.05, 3.63) is 16.3 Å². The molecular weight excluding hydrogens is 276 g/mol. The number of hydrogen-bond donors (Lipinski definition) is 3. The van der Waals surface area contributed by atoms with Crippen molar-refractivity contribution in [3.8, 4) is 0 Å². The van der Waals surface area contributed by atoms with Crippen LogP contribution in [0.5, 0.6) is 0 Å². The largest absolute Gasteiger partial charge is 0.394 e. The quantitative estimate of drug-likeness (QED) is 0.794. The van der Waals surface area contributed by atoms with Crippen molar-refractivity contribution in [1.29, 1.82) is 0 Å². The third-order valence-electron chi connectivity index (χ3n) is 2.98. The summed E-state index contributed by atoms with van der Waals surface area (Å²) in [6, 6.07) is 0. The minimum absolute atomic E-state index is 0.135. The molecule has 0 saturated carbocycles. The lowest BCUT2D eigenvalue weighted by Gasteiger charge is -2.23. The molecule has 108 valence electrons. The van der Waals surface area contributed by atoms with Gasteiger partial charge in [0.2, 0.25) is 0 Å². The second-order valence-electron chi connectivity index (χ2n) is 5.39. The molecule has 0 aliphatic heterocycles. The third kappa shape index (κ3) is 2.59. The number of anilines is 1. The molecule has 0 bridgehead atoms. The summed E-state index contributed by atoms with van der Waals surface area (Å²) >= 11 is 1.29. The number of thiophene rings is 1. The van der Waals surface area contributed by atoms with Crippen LogP contribution in [0.1, 0.15) is 34.9 Å². The highest BCUT2D eigenvalue weighted by atomic mass is 32.1. The van der Waals surface area contributed by atoms with Gasteiger partial charge in [0.15, 0.2) is 0 Å². The number of nitrogens with two attached hydrogens (primary N) is 1. The van der Waals surface area contributed by atoms with Crippen LogP contribution in [0.4, 0.5) is 5.82 Å². The molecule has 2 rings (SSSR count). The average Bonchev–Trinajstić information content (AvgIpc) is 2.66. The van der Waals surface area contributed by atoms with Crippen LogP contribution < -0.4 is 11.1 Å². The standard InChI is InChI=1S/C13H18N4O2S/c1-6-8-10(14)15-7(2)16-12(8)20-9(6)11(19)17-13(3,4)5-18/h18H,5H2,1-4H3,(H,17,19)(H2,14,15,16). The summed E-state index contributed by atoms with van der Waals surface area (Å²) < 4.78 is 0. The average molecular weight is 294 g/mol. The highest BCUT2D eigenvalue weighted by Crippen LogP contribution is 2.32. The first-order valence-electron chi connectivity index (χ1n) is 6.22. The summed E-state index contributed by atoms with van der Waals surface area (Å²) in [6.07, 6.45) is 0. The highest BCUT2D eigenvalue weighted by molar-refractivity contribution is 7.20. The molecule has 20 heavy (non-hydrogen) atoms. The maximum Gasteiger partial charge on any atom is 0.262 e. The molecule has 0 saturated heterocycles. The number of amides is 1. The lowest BCUT2D eigenvalue weighted by Crippen LogP contribution is -2.46. The van der Waals surface area contributed by atoms with Crippen LogP contribution in [0, 0.1) is 13.8 Å². The van der Waals surface area contributed by atoms with Crippen molar-refractivity contribution in [1.82, 2.24) is 15.3 Å². The minimum Gasteiger partial charge on any atom is -0.394 e. The second-order valence-corrected chi connectivity index (χ2v) is 6.39. The fraction of sp³-hybridized carbons (Fsp3) is 0.462. The van der Waals surface area contributed by atoms with E-state index in [-0.39, 0.29) is 12.5 Å². The van der Waals surface area contributed by atoms with E-state index in [2.05, 4.69) is 15.3 Å². The summed E-state index contributed by atoms with van der Waals surface area (Å²) in [5.74, 6) is 0.738. The van der Waals surface area contributed by atoms with Gasteiger partial charge in [-0.1, -0.05) is 0 Å². The van der Waals surface area contributed by atoms with Crippen molar-refractivity contribution < 1.29 is 9.90 Å². The van der Waals surface area contributed by atoms with E-state index in [1.165, 1.54) is 11.3 Å². The molecule has 1 amide bonds. The fourth-order valence-electron chi connectivity index (χ4n) is 1.90. The van der Waals surface area contributed by atoms with Crippen LogP contribution in [-0.4, -0.2) is 33.1 Å². The molecule has 0 unspecified atom stereocenters. The number of hydrogen-bond acceptors (Lipinski definition) is 6. The number of carbonyl (C=O) groups is 1. The molecule has 4 N–H and O–H groups in total. The van der Waals surface area contributed by atoms with Gasteiger partial charge in [0.05, 0.1) is 22.4 Å². The molecule has 0 aliphatic carbocycles. The van der Waals surface area contributed by atoms with Gasteiger partial charge in [0.25, 0.3) is 5.91 Å². The Labute approximate surface area is 121 Å². The topological polar surface area (TPSA) is 101 Å². The Hall–Kier alpha value is -1.73. The molecule has 7 heteroatoms. The Morgan fingerprint density at radius 1 is 1.40 bits per heavy atom. The monoisotopic (exact) mass is 294 g/mol. The highest BCUT2D eigenvalue weighted by Gasteiger charge is 2.24. The molecule has 0 aliphatic rings. The first kappa shape index (κ1) is 14.7. The van der Waals surface area contributed by atoms with Crippen molar-refractivity contribution in [2.24, 2.45) is 0 Å². The van der Waals surface area contributed by atoms with Crippen LogP contribution >= 0.6 is 11.3 Å². The number of aromatic nitrogens is 2. The van der Waals surface area contributed by atoms with Gasteiger partial charge in [-0.25, -0.2) is 9.97 Å². The predicted octanol–water partition coefficient (Wildman–Crippen LogP) is 1.39. The van der Waals surface area contributed by atoms with Gasteiger partial charge in [0, 0.05) is 0 Å². The van der Waals surface area contributed by atoms with Crippen LogP contribution in [0.15, 0.2) is 0 Å². The van der Waals surface area contributed by atoms with Crippen molar-refractivity contribution in [2.75, 3.05) is 12.3 Å². The minimum atomic E-state index is -0.674. The van der Waals surface area contributed by atoms with E-state index >= 15 is 0 Å². The van der Waals surface area contributed by atoms with E-state index in [0.29, 0.717) is 21.3 Å². The normalized spacial score (nSPS) is 11.8. The number of aliphatic hydroxyl groups is 1. The lowest BCUT2D eigenvalue weighted by atomic mass is 10.1. The zero-order chi connectivity index (χ0) is 15.1. The van der Waals surface area contributed by atoms with Crippen LogP contribution in [0.2, 0.25) is 0 Å². The maximum atomic E-state index is 12.3. The molecule has 2 heterocycles. The summed E-state index contributed by atoms with van der Waals surface area (Å²) in [5, 5.41) is 12.7. The smallest absolute Gasteiger partial charge is 0.262 e. The third-order valence-corrected chi connectivity index (χ3v) is 4.17. The predicted molar refractivity (Wildman–Crippen MR) is 79.9 cm³/mol. The van der Waals surface area contributed by atoms with Crippen LogP contribution in [0.3, 0.4) is 0 Å². The lowest BCUT2D eigenvalue weighted by molar-refractivity contribution is 0.0873. The number of nitrogen functional groups attached to an aromatic ring is 1. The fourth-order valence-corrected chi connectivity index (χ4v) is 3.03. The van der Waals surface area contributed by atoms with Gasteiger partial charge in [-0.2, -0.15) is 0 Å². The molecule has 0 spiro atoms. The molecule has 6 nitrogen and oxygen atoms in total. The summed E-state index contributed by atoms with van der Waals surface area (Å²) in [5.41, 5.74) is 6.01. The first-order valence-corrected chi connectivity index (χ1v) is 7.03. The number of nitrogens with one attached hydrogen (secondary N) is 1. The van der Waals surface area contributed by atoms with Gasteiger partial charge in [-0.05, 0) is 33.3 Å². The van der Waals surface area contributed by atoms with E-state index in [1.807, 2.05) is 6.92 Å². The number of fused-ring (bicyclic) bond motifs is 1. The summed E-state index contributed by atoms with van der Waals surface area (Å²) in [7, 11) is 0. The summed E-state index contributed by atoms with van der Waals surface area (Å²) in [4.78, 5) is 22.0. The Kier molecular flexibility index (Phi) is 3.66. The van der Waals surface area contributed by atoms with E-state index in [1.54, 1.807) is 20.8 Å². The Balaban J connectivity index is 2.48. The maximum absolute atomic E-state index is 12.3. The second kappa shape index (κ2) is 4.99. The van der Waals surface area contributed by atoms with Gasteiger partial charge in [-0.15, -0.1) is 11.3 Å². The molecule has 2 aromatic rings. The van der Waals surface area contributed by atoms with Crippen LogP contribution in [-0.2, 0) is 0 Å². The van der Waals surface area contributed by atoms with E-state index in [9.17, 15) is 9.90 Å². The van der Waals surface area contributed by atoms with Crippen molar-refractivity contribution in [2.45, 2.75) is 33.2 Å². The number of aliphatic hydroxyl groups excluding tert-OH is 1. The van der Waals surface area contributed by atoms with Gasteiger partial charge < -0.3 is 16.2 Å². The molecule has 0 radical (unpaired) electrons. The van der Waals surface area contributed by atoms with Gasteiger partial charge in [-0.3, -0.25) is 4.79 Å². The van der Waals surface area contributed by atoms with E-state index < -0.39 is 5.54 Å². The Bertz CT molecular complexity index is 679. The zero-order valence-corrected chi connectivity index (χ0v) is 12.8. The van der Waals surface area contributed by atoms with Crippen LogP contribution in [0.25, 0.3) is 10.2 Å². The molecule has 0 atom stereocenters. The van der Waals surface area contributed by atoms with Crippen molar-refractivity contribution >= 4 is 33.3 Å². The number of rotatable bonds is 3. The molecule has 2 aromatic heterocycles. The number of aryl methyl sites for hydroxylation is 2. The summed E-state index contributed by atoms with van der Waals surface area (Å²) in [6.45, 7) is 6.97. The zero-order valence-electron chi connectivity index (χ0n) is 11.9. The van der Waals surface area contributed by atoms with E-state index in [4.69, 9.17) is 5.73 Å². The van der Waals surface area contributed by atoms with E-state index in [0.717, 1.165) is 10.9 Å². The molecule has 0 aromatic carbocycles. The van der Waals surface area contributed by atoms with Crippen molar-refractivity contribution in [3.63, 3.8) is 0 Å². The molecule has 0 fully saturated rings. The number of carbonyl (C=O) groups excluding carboxylic acids is 1.